The van der Waals surface area contributed by atoms with Crippen LogP contribution in [0.5, 0.6) is 0 Å². The Hall–Kier alpha value is -0.860. The Labute approximate surface area is 135 Å². The molecule has 0 aliphatic heterocycles. The van der Waals surface area contributed by atoms with Gasteiger partial charge in [-0.1, -0.05) is 43.2 Å². The molecule has 3 atom stereocenters. The van der Waals surface area contributed by atoms with Crippen LogP contribution in [-0.4, -0.2) is 10.9 Å². The predicted molar refractivity (Wildman–Crippen MR) is 92.6 cm³/mol. The van der Waals surface area contributed by atoms with Gasteiger partial charge in [-0.15, -0.1) is 0 Å². The molecule has 0 fully saturated rings. The van der Waals surface area contributed by atoms with Gasteiger partial charge in [-0.25, -0.2) is 4.89 Å². The summed E-state index contributed by atoms with van der Waals surface area (Å²) < 4.78 is 0. The first kappa shape index (κ1) is 17.5. The Morgan fingerprint density at radius 3 is 2.86 bits per heavy atom. The average molecular weight is 304 g/mol. The van der Waals surface area contributed by atoms with Crippen LogP contribution < -0.4 is 0 Å². The van der Waals surface area contributed by atoms with E-state index in [0.717, 1.165) is 31.6 Å². The number of hydrogen-bond acceptors (Lipinski definition) is 2. The van der Waals surface area contributed by atoms with E-state index in [1.54, 1.807) is 0 Å². The molecule has 0 bridgehead atoms. The van der Waals surface area contributed by atoms with E-state index in [9.17, 15) is 5.26 Å². The van der Waals surface area contributed by atoms with Gasteiger partial charge in [0.1, 0.15) is 5.60 Å². The summed E-state index contributed by atoms with van der Waals surface area (Å²) in [5.41, 5.74) is 3.83. The molecule has 0 amide bonds. The van der Waals surface area contributed by atoms with E-state index in [1.807, 2.05) is 0 Å². The third kappa shape index (κ3) is 3.72. The highest BCUT2D eigenvalue weighted by Gasteiger charge is 2.44. The van der Waals surface area contributed by atoms with Crippen molar-refractivity contribution in [1.82, 2.24) is 0 Å². The van der Waals surface area contributed by atoms with Crippen molar-refractivity contribution in [3.8, 4) is 0 Å². The van der Waals surface area contributed by atoms with Crippen LogP contribution in [0.3, 0.4) is 0 Å². The lowest BCUT2D eigenvalue weighted by Gasteiger charge is -2.34. The number of hydrogen-bond donors (Lipinski definition) is 1. The van der Waals surface area contributed by atoms with Gasteiger partial charge in [0.15, 0.2) is 0 Å². The summed E-state index contributed by atoms with van der Waals surface area (Å²) in [6.45, 7) is 11.0. The Bertz CT molecular complexity index is 484. The molecule has 0 heterocycles. The van der Waals surface area contributed by atoms with Crippen molar-refractivity contribution in [3.63, 3.8) is 0 Å². The summed E-state index contributed by atoms with van der Waals surface area (Å²) in [4.78, 5) is 4.98. The molecule has 0 saturated heterocycles. The maximum atomic E-state index is 9.48. The van der Waals surface area contributed by atoms with Gasteiger partial charge in [0.2, 0.25) is 0 Å². The summed E-state index contributed by atoms with van der Waals surface area (Å²) in [7, 11) is 0. The van der Waals surface area contributed by atoms with Crippen molar-refractivity contribution in [1.29, 1.82) is 0 Å². The summed E-state index contributed by atoms with van der Waals surface area (Å²) in [5, 5.41) is 9.48. The van der Waals surface area contributed by atoms with Gasteiger partial charge in [-0.05, 0) is 64.4 Å². The quantitative estimate of drug-likeness (QED) is 0.388. The highest BCUT2D eigenvalue weighted by molar-refractivity contribution is 5.35. The van der Waals surface area contributed by atoms with Crippen LogP contribution in [0, 0.1) is 17.8 Å². The fraction of sp³-hybridized carbons (Fsp3) is 0.700. The monoisotopic (exact) mass is 304 g/mol. The second-order valence-corrected chi connectivity index (χ2v) is 7.77. The highest BCUT2D eigenvalue weighted by Crippen LogP contribution is 2.47. The molecule has 3 unspecified atom stereocenters. The van der Waals surface area contributed by atoms with Crippen molar-refractivity contribution in [2.75, 3.05) is 0 Å². The smallest absolute Gasteiger partial charge is 0.105 e. The van der Waals surface area contributed by atoms with E-state index in [2.05, 4.69) is 52.8 Å². The van der Waals surface area contributed by atoms with Crippen LogP contribution in [0.4, 0.5) is 0 Å². The molecule has 1 N–H and O–H groups in total. The molecular formula is C20H32O2. The van der Waals surface area contributed by atoms with Crippen LogP contribution >= 0.6 is 0 Å². The molecule has 0 radical (unpaired) electrons. The molecule has 0 saturated carbocycles. The molecule has 2 rings (SSSR count). The van der Waals surface area contributed by atoms with Crippen molar-refractivity contribution >= 4 is 0 Å². The standard InChI is InChI=1S/C20H32O2/c1-14(2)7-6-8-15(3)17-11-12-20(5,22-21)19-10-9-16(4)18(19)13-17/h8-9,13-14,18-19,21H,6-7,10-12H2,1-5H3. The predicted octanol–water partition coefficient (Wildman–Crippen LogP) is 5.92. The zero-order chi connectivity index (χ0) is 16.3. The van der Waals surface area contributed by atoms with Crippen molar-refractivity contribution in [2.24, 2.45) is 17.8 Å². The molecule has 2 nitrogen and oxygen atoms in total. The zero-order valence-corrected chi connectivity index (χ0v) is 14.9. The number of allylic oxidation sites excluding steroid dienone is 6. The van der Waals surface area contributed by atoms with Crippen LogP contribution in [0.25, 0.3) is 0 Å². The molecular weight excluding hydrogens is 272 g/mol. The Kier molecular flexibility index (Phi) is 5.68. The molecule has 0 spiro atoms. The fourth-order valence-corrected chi connectivity index (χ4v) is 3.86. The first-order chi connectivity index (χ1) is 10.4. The van der Waals surface area contributed by atoms with Gasteiger partial charge in [-0.2, -0.15) is 0 Å². The molecule has 0 aromatic carbocycles. The lowest BCUT2D eigenvalue weighted by Crippen LogP contribution is -2.38. The SMILES string of the molecule is CC(=CCCC(C)C)C1=CC2C(C)=CCC2C(C)(OO)CC1. The lowest BCUT2D eigenvalue weighted by atomic mass is 9.78. The first-order valence-corrected chi connectivity index (χ1v) is 8.74. The van der Waals surface area contributed by atoms with Gasteiger partial charge < -0.3 is 0 Å². The van der Waals surface area contributed by atoms with Gasteiger partial charge in [-0.3, -0.25) is 5.26 Å². The third-order valence-corrected chi connectivity index (χ3v) is 5.62. The molecule has 22 heavy (non-hydrogen) atoms. The van der Waals surface area contributed by atoms with E-state index in [4.69, 9.17) is 4.89 Å². The van der Waals surface area contributed by atoms with E-state index in [0.29, 0.717) is 11.8 Å². The zero-order valence-electron chi connectivity index (χ0n) is 14.9. The van der Waals surface area contributed by atoms with Crippen LogP contribution in [0.2, 0.25) is 0 Å². The Morgan fingerprint density at radius 2 is 2.23 bits per heavy atom. The minimum Gasteiger partial charge on any atom is -0.251 e. The minimum atomic E-state index is -0.435. The summed E-state index contributed by atoms with van der Waals surface area (Å²) in [6, 6.07) is 0. The molecule has 2 heteroatoms. The Morgan fingerprint density at radius 1 is 1.50 bits per heavy atom. The van der Waals surface area contributed by atoms with E-state index < -0.39 is 5.60 Å². The molecule has 124 valence electrons. The minimum absolute atomic E-state index is 0.360. The molecule has 2 aliphatic rings. The summed E-state index contributed by atoms with van der Waals surface area (Å²) >= 11 is 0. The van der Waals surface area contributed by atoms with Gasteiger partial charge in [0, 0.05) is 11.8 Å². The number of rotatable bonds is 5. The highest BCUT2D eigenvalue weighted by atomic mass is 17.1. The number of fused-ring (bicyclic) bond motifs is 1. The molecule has 0 aromatic rings. The van der Waals surface area contributed by atoms with E-state index >= 15 is 0 Å². The third-order valence-electron chi connectivity index (χ3n) is 5.62. The second kappa shape index (κ2) is 7.14. The van der Waals surface area contributed by atoms with Gasteiger partial charge in [0.05, 0.1) is 0 Å². The van der Waals surface area contributed by atoms with E-state index in [1.165, 1.54) is 23.1 Å². The topological polar surface area (TPSA) is 29.5 Å². The van der Waals surface area contributed by atoms with E-state index in [-0.39, 0.29) is 0 Å². The van der Waals surface area contributed by atoms with Crippen LogP contribution in [0.1, 0.15) is 66.7 Å². The molecule has 2 aliphatic carbocycles. The first-order valence-electron chi connectivity index (χ1n) is 8.74. The van der Waals surface area contributed by atoms with Crippen molar-refractivity contribution in [3.05, 3.63) is 34.9 Å². The van der Waals surface area contributed by atoms with Crippen LogP contribution in [-0.2, 0) is 4.89 Å². The normalized spacial score (nSPS) is 32.6. The Balaban J connectivity index is 2.19. The van der Waals surface area contributed by atoms with Crippen molar-refractivity contribution < 1.29 is 10.1 Å². The maximum Gasteiger partial charge on any atom is 0.105 e. The summed E-state index contributed by atoms with van der Waals surface area (Å²) in [5.74, 6) is 1.52. The van der Waals surface area contributed by atoms with Gasteiger partial charge >= 0.3 is 0 Å². The maximum absolute atomic E-state index is 9.48. The second-order valence-electron chi connectivity index (χ2n) is 7.77. The van der Waals surface area contributed by atoms with Gasteiger partial charge in [0.25, 0.3) is 0 Å². The summed E-state index contributed by atoms with van der Waals surface area (Å²) in [6.07, 6.45) is 12.4. The fourth-order valence-electron chi connectivity index (χ4n) is 3.86. The lowest BCUT2D eigenvalue weighted by molar-refractivity contribution is -0.334. The van der Waals surface area contributed by atoms with Crippen molar-refractivity contribution in [2.45, 2.75) is 72.3 Å². The largest absolute Gasteiger partial charge is 0.251 e. The molecule has 0 aromatic heterocycles. The van der Waals surface area contributed by atoms with Crippen LogP contribution in [0.15, 0.2) is 34.9 Å². The average Bonchev–Trinajstić information content (AvgIpc) is 2.76.